The van der Waals surface area contributed by atoms with Gasteiger partial charge >= 0.3 is 0 Å². The monoisotopic (exact) mass is 513 g/mol. The van der Waals surface area contributed by atoms with E-state index in [0.717, 1.165) is 50.5 Å². The second kappa shape index (κ2) is 11.1. The molecule has 0 saturated heterocycles. The highest BCUT2D eigenvalue weighted by atomic mass is 35.5. The molecular weight excluding hydrogens is 486 g/mol. The SMILES string of the molecule is COCC(COC)N=c1cc2n(-c3cccc(Cl)c3)c3ccccc3nc-2cc1Nc1ccc(C)nc1. The van der Waals surface area contributed by atoms with Crippen molar-refractivity contribution in [1.29, 1.82) is 0 Å². The summed E-state index contributed by atoms with van der Waals surface area (Å²) < 4.78 is 13.0. The van der Waals surface area contributed by atoms with E-state index in [1.807, 2.05) is 73.8 Å². The molecule has 188 valence electrons. The smallest absolute Gasteiger partial charge is 0.0973 e. The van der Waals surface area contributed by atoms with E-state index in [9.17, 15) is 0 Å². The Morgan fingerprint density at radius 1 is 0.973 bits per heavy atom. The van der Waals surface area contributed by atoms with Crippen LogP contribution in [0, 0.1) is 6.92 Å². The summed E-state index contributed by atoms with van der Waals surface area (Å²) >= 11 is 6.40. The number of aromatic nitrogens is 3. The van der Waals surface area contributed by atoms with Crippen LogP contribution in [0.25, 0.3) is 28.1 Å². The van der Waals surface area contributed by atoms with Gasteiger partial charge < -0.3 is 19.4 Å². The Labute approximate surface area is 220 Å². The number of rotatable bonds is 8. The Morgan fingerprint density at radius 3 is 2.51 bits per heavy atom. The van der Waals surface area contributed by atoms with Gasteiger partial charge in [0, 0.05) is 30.6 Å². The molecule has 7 nitrogen and oxygen atoms in total. The number of hydrogen-bond acceptors (Lipinski definition) is 6. The van der Waals surface area contributed by atoms with Gasteiger partial charge in [-0.05, 0) is 61.5 Å². The molecule has 0 radical (unpaired) electrons. The number of benzene rings is 3. The minimum absolute atomic E-state index is 0.183. The number of anilines is 2. The quantitative estimate of drug-likeness (QED) is 0.266. The molecule has 2 aromatic carbocycles. The Bertz CT molecular complexity index is 1560. The molecular formula is C29H28ClN5O2. The van der Waals surface area contributed by atoms with Gasteiger partial charge in [-0.15, -0.1) is 0 Å². The van der Waals surface area contributed by atoms with E-state index in [1.165, 1.54) is 0 Å². The third-order valence-corrected chi connectivity index (χ3v) is 6.23. The van der Waals surface area contributed by atoms with Crippen molar-refractivity contribution < 1.29 is 9.47 Å². The van der Waals surface area contributed by atoms with Gasteiger partial charge in [0.05, 0.1) is 64.6 Å². The number of fused-ring (bicyclic) bond motifs is 2. The Balaban J connectivity index is 1.80. The Kier molecular flexibility index (Phi) is 7.46. The van der Waals surface area contributed by atoms with Crippen LogP contribution in [0.15, 0.2) is 84.0 Å². The molecule has 0 atom stereocenters. The van der Waals surface area contributed by atoms with E-state index in [-0.39, 0.29) is 6.04 Å². The summed E-state index contributed by atoms with van der Waals surface area (Å²) in [7, 11) is 3.33. The Hall–Kier alpha value is -3.78. The number of aryl methyl sites for hydroxylation is 1. The number of nitrogens with zero attached hydrogens (tertiary/aromatic N) is 4. The molecule has 0 fully saturated rings. The molecule has 2 heterocycles. The topological polar surface area (TPSA) is 73.6 Å². The number of hydrogen-bond donors (Lipinski definition) is 1. The second-order valence-electron chi connectivity index (χ2n) is 8.78. The van der Waals surface area contributed by atoms with E-state index in [2.05, 4.69) is 27.0 Å². The van der Waals surface area contributed by atoms with Gasteiger partial charge in [0.1, 0.15) is 0 Å². The van der Waals surface area contributed by atoms with Crippen molar-refractivity contribution in [3.05, 3.63) is 95.1 Å². The average molecular weight is 514 g/mol. The first kappa shape index (κ1) is 24.9. The van der Waals surface area contributed by atoms with Crippen molar-refractivity contribution in [2.24, 2.45) is 4.99 Å². The minimum atomic E-state index is -0.183. The maximum Gasteiger partial charge on any atom is 0.0973 e. The van der Waals surface area contributed by atoms with Gasteiger partial charge in [-0.1, -0.05) is 29.8 Å². The fourth-order valence-electron chi connectivity index (χ4n) is 4.34. The van der Waals surface area contributed by atoms with Crippen LogP contribution in [0.1, 0.15) is 5.69 Å². The number of nitrogens with one attached hydrogen (secondary N) is 1. The summed E-state index contributed by atoms with van der Waals surface area (Å²) in [4.78, 5) is 14.5. The van der Waals surface area contributed by atoms with Crippen molar-refractivity contribution in [2.45, 2.75) is 13.0 Å². The first-order valence-electron chi connectivity index (χ1n) is 12.0. The van der Waals surface area contributed by atoms with Gasteiger partial charge in [-0.25, -0.2) is 4.98 Å². The van der Waals surface area contributed by atoms with Crippen LogP contribution in [-0.2, 0) is 9.47 Å². The highest BCUT2D eigenvalue weighted by molar-refractivity contribution is 6.30. The number of methoxy groups -OCH3 is 2. The van der Waals surface area contributed by atoms with Gasteiger partial charge in [0.15, 0.2) is 0 Å². The molecule has 37 heavy (non-hydrogen) atoms. The fourth-order valence-corrected chi connectivity index (χ4v) is 4.53. The number of halogens is 1. The van der Waals surface area contributed by atoms with Crippen molar-refractivity contribution in [3.8, 4) is 17.1 Å². The van der Waals surface area contributed by atoms with E-state index in [1.54, 1.807) is 14.2 Å². The van der Waals surface area contributed by atoms with Gasteiger partial charge in [-0.2, -0.15) is 0 Å². The summed E-state index contributed by atoms with van der Waals surface area (Å²) in [6, 6.07) is 23.7. The average Bonchev–Trinajstić information content (AvgIpc) is 2.89. The molecule has 2 aliphatic rings. The van der Waals surface area contributed by atoms with E-state index < -0.39 is 0 Å². The lowest BCUT2D eigenvalue weighted by atomic mass is 10.1. The predicted octanol–water partition coefficient (Wildman–Crippen LogP) is 5.79. The fraction of sp³-hybridized carbons (Fsp3) is 0.207. The summed E-state index contributed by atoms with van der Waals surface area (Å²) in [6.45, 7) is 2.83. The van der Waals surface area contributed by atoms with E-state index in [4.69, 9.17) is 31.1 Å². The third kappa shape index (κ3) is 5.49. The molecule has 1 aromatic heterocycles. The van der Waals surface area contributed by atoms with Crippen LogP contribution < -0.4 is 10.7 Å². The van der Waals surface area contributed by atoms with Crippen molar-refractivity contribution in [2.75, 3.05) is 32.8 Å². The number of para-hydroxylation sites is 2. The van der Waals surface area contributed by atoms with Crippen LogP contribution in [0.3, 0.4) is 0 Å². The molecule has 0 bridgehead atoms. The molecule has 1 aliphatic carbocycles. The molecule has 1 N–H and O–H groups in total. The first-order valence-corrected chi connectivity index (χ1v) is 12.4. The summed E-state index contributed by atoms with van der Waals surface area (Å²) in [5.74, 6) is 0. The highest BCUT2D eigenvalue weighted by Crippen LogP contribution is 2.31. The normalized spacial score (nSPS) is 12.1. The van der Waals surface area contributed by atoms with Crippen LogP contribution in [0.4, 0.5) is 11.4 Å². The summed E-state index contributed by atoms with van der Waals surface area (Å²) in [5, 5.41) is 4.91. The molecule has 3 aromatic rings. The zero-order valence-corrected chi connectivity index (χ0v) is 21.7. The maximum atomic E-state index is 6.40. The molecule has 0 spiro atoms. The van der Waals surface area contributed by atoms with Gasteiger partial charge in [0.25, 0.3) is 0 Å². The zero-order chi connectivity index (χ0) is 25.8. The summed E-state index contributed by atoms with van der Waals surface area (Å²) in [6.07, 6.45) is 1.81. The Morgan fingerprint density at radius 2 is 1.78 bits per heavy atom. The molecule has 5 rings (SSSR count). The lowest BCUT2D eigenvalue weighted by Gasteiger charge is -2.21. The largest absolute Gasteiger partial charge is 0.382 e. The number of pyridine rings is 1. The molecule has 0 amide bonds. The minimum Gasteiger partial charge on any atom is -0.382 e. The van der Waals surface area contributed by atoms with Crippen LogP contribution in [-0.4, -0.2) is 48.0 Å². The number of ether oxygens (including phenoxy) is 2. The van der Waals surface area contributed by atoms with Gasteiger partial charge in [-0.3, -0.25) is 9.98 Å². The highest BCUT2D eigenvalue weighted by Gasteiger charge is 2.18. The van der Waals surface area contributed by atoms with E-state index in [0.29, 0.717) is 18.2 Å². The van der Waals surface area contributed by atoms with Crippen molar-refractivity contribution >= 4 is 34.0 Å². The van der Waals surface area contributed by atoms with Crippen LogP contribution in [0.5, 0.6) is 0 Å². The molecule has 0 saturated carbocycles. The standard InChI is InChI=1S/C29H28ClN5O2/c1-19-11-12-21(16-31-19)32-25-14-27-29(15-26(25)33-22(17-36-2)18-37-3)35(23-8-6-7-20(30)13-23)28-10-5-4-9-24(28)34-27/h4-16,22,32H,17-18H2,1-3H3. The molecule has 1 aliphatic heterocycles. The van der Waals surface area contributed by atoms with Gasteiger partial charge in [0.2, 0.25) is 0 Å². The lowest BCUT2D eigenvalue weighted by molar-refractivity contribution is 0.118. The first-order chi connectivity index (χ1) is 18.1. The third-order valence-electron chi connectivity index (χ3n) is 5.99. The van der Waals surface area contributed by atoms with Crippen molar-refractivity contribution in [1.82, 2.24) is 14.5 Å². The molecule has 8 heteroatoms. The second-order valence-corrected chi connectivity index (χ2v) is 9.22. The molecule has 0 unspecified atom stereocenters. The summed E-state index contributed by atoms with van der Waals surface area (Å²) in [5.41, 5.74) is 7.13. The lowest BCUT2D eigenvalue weighted by Crippen LogP contribution is -2.24. The predicted molar refractivity (Wildman–Crippen MR) is 148 cm³/mol. The zero-order valence-electron chi connectivity index (χ0n) is 21.0. The maximum absolute atomic E-state index is 6.40. The van der Waals surface area contributed by atoms with Crippen LogP contribution >= 0.6 is 11.6 Å². The van der Waals surface area contributed by atoms with E-state index >= 15 is 0 Å². The van der Waals surface area contributed by atoms with Crippen molar-refractivity contribution in [3.63, 3.8) is 0 Å². The van der Waals surface area contributed by atoms with Crippen LogP contribution in [0.2, 0.25) is 5.02 Å².